The topological polar surface area (TPSA) is 39.6 Å². The van der Waals surface area contributed by atoms with Gasteiger partial charge in [-0.2, -0.15) is 0 Å². The molecule has 1 saturated heterocycles. The zero-order valence-electron chi connectivity index (χ0n) is 11.5. The highest BCUT2D eigenvalue weighted by atomic mass is 16.6. The van der Waals surface area contributed by atoms with Crippen LogP contribution in [0.2, 0.25) is 0 Å². The van der Waals surface area contributed by atoms with E-state index in [-0.39, 0.29) is 0 Å². The van der Waals surface area contributed by atoms with E-state index in [1.807, 2.05) is 38.2 Å². The van der Waals surface area contributed by atoms with Gasteiger partial charge in [0, 0.05) is 18.3 Å². The summed E-state index contributed by atoms with van der Waals surface area (Å²) in [4.78, 5) is 4.60. The van der Waals surface area contributed by atoms with Crippen molar-refractivity contribution >= 4 is 0 Å². The molecule has 1 atom stereocenters. The van der Waals surface area contributed by atoms with Gasteiger partial charge in [-0.25, -0.2) is 4.98 Å². The summed E-state index contributed by atoms with van der Waals surface area (Å²) in [5.74, 6) is 1.87. The van der Waals surface area contributed by atoms with E-state index < -0.39 is 0 Å². The quantitative estimate of drug-likeness (QED) is 0.791. The van der Waals surface area contributed by atoms with Crippen molar-refractivity contribution in [1.29, 1.82) is 0 Å². The highest BCUT2D eigenvalue weighted by molar-refractivity contribution is 5.58. The zero-order valence-corrected chi connectivity index (χ0v) is 11.5. The van der Waals surface area contributed by atoms with E-state index in [2.05, 4.69) is 16.5 Å². The van der Waals surface area contributed by atoms with Gasteiger partial charge in [-0.3, -0.25) is 0 Å². The van der Waals surface area contributed by atoms with Crippen LogP contribution in [0, 0.1) is 13.8 Å². The van der Waals surface area contributed by atoms with Crippen molar-refractivity contribution < 1.29 is 9.47 Å². The Morgan fingerprint density at radius 1 is 1.32 bits per heavy atom. The summed E-state index contributed by atoms with van der Waals surface area (Å²) in [6, 6.07) is 8.06. The van der Waals surface area contributed by atoms with Crippen LogP contribution in [-0.4, -0.2) is 28.9 Å². The second-order valence-electron chi connectivity index (χ2n) is 4.96. The maximum Gasteiger partial charge on any atom is 0.140 e. The number of epoxide rings is 1. The number of benzene rings is 1. The fourth-order valence-electron chi connectivity index (χ4n) is 2.03. The predicted octanol–water partition coefficient (Wildman–Crippen LogP) is 2.48. The second-order valence-corrected chi connectivity index (χ2v) is 4.96. The van der Waals surface area contributed by atoms with Gasteiger partial charge in [0.15, 0.2) is 0 Å². The van der Waals surface area contributed by atoms with Crippen molar-refractivity contribution in [1.82, 2.24) is 9.55 Å². The fraction of sp³-hybridized carbons (Fsp3) is 0.400. The molecule has 1 aliphatic rings. The van der Waals surface area contributed by atoms with Crippen molar-refractivity contribution in [3.05, 3.63) is 35.7 Å². The van der Waals surface area contributed by atoms with Gasteiger partial charge in [0.2, 0.25) is 0 Å². The minimum Gasteiger partial charge on any atom is -0.491 e. The number of ether oxygens (including phenoxy) is 2. The van der Waals surface area contributed by atoms with Gasteiger partial charge in [-0.05, 0) is 38.1 Å². The van der Waals surface area contributed by atoms with Crippen LogP contribution in [0.5, 0.6) is 5.75 Å². The van der Waals surface area contributed by atoms with Crippen LogP contribution in [0.15, 0.2) is 24.3 Å². The number of hydrogen-bond donors (Lipinski definition) is 0. The van der Waals surface area contributed by atoms with Crippen LogP contribution in [-0.2, 0) is 11.8 Å². The molecule has 2 aromatic rings. The number of aryl methyl sites for hydroxylation is 1. The van der Waals surface area contributed by atoms with Crippen LogP contribution in [0.25, 0.3) is 11.4 Å². The summed E-state index contributed by atoms with van der Waals surface area (Å²) < 4.78 is 12.9. The van der Waals surface area contributed by atoms with E-state index in [0.717, 1.165) is 29.4 Å². The summed E-state index contributed by atoms with van der Waals surface area (Å²) in [5.41, 5.74) is 3.37. The SMILES string of the molecule is Cc1nc(-c2ccc(OCC3CO3)cc2)n(C)c1C. The van der Waals surface area contributed by atoms with Gasteiger partial charge >= 0.3 is 0 Å². The van der Waals surface area contributed by atoms with Crippen LogP contribution >= 0.6 is 0 Å². The van der Waals surface area contributed by atoms with E-state index in [1.54, 1.807) is 0 Å². The third-order valence-electron chi connectivity index (χ3n) is 3.57. The summed E-state index contributed by atoms with van der Waals surface area (Å²) >= 11 is 0. The number of aromatic nitrogens is 2. The van der Waals surface area contributed by atoms with E-state index in [1.165, 1.54) is 5.69 Å². The molecule has 1 aliphatic heterocycles. The Morgan fingerprint density at radius 2 is 2.00 bits per heavy atom. The third-order valence-corrected chi connectivity index (χ3v) is 3.57. The smallest absolute Gasteiger partial charge is 0.140 e. The average Bonchev–Trinajstić information content (AvgIpc) is 3.21. The van der Waals surface area contributed by atoms with Gasteiger partial charge in [0.1, 0.15) is 24.3 Å². The van der Waals surface area contributed by atoms with Gasteiger partial charge < -0.3 is 14.0 Å². The molecule has 100 valence electrons. The highest BCUT2D eigenvalue weighted by Gasteiger charge is 2.23. The lowest BCUT2D eigenvalue weighted by atomic mass is 10.2. The summed E-state index contributed by atoms with van der Waals surface area (Å²) in [6.45, 7) is 5.58. The Morgan fingerprint density at radius 3 is 2.53 bits per heavy atom. The number of hydrogen-bond acceptors (Lipinski definition) is 3. The molecule has 0 aliphatic carbocycles. The normalized spacial score (nSPS) is 17.5. The average molecular weight is 258 g/mol. The first-order chi connectivity index (χ1) is 9.15. The molecule has 0 amide bonds. The Hall–Kier alpha value is -1.81. The van der Waals surface area contributed by atoms with Crippen molar-refractivity contribution in [3.8, 4) is 17.1 Å². The molecule has 0 bridgehead atoms. The molecule has 1 fully saturated rings. The largest absolute Gasteiger partial charge is 0.491 e. The van der Waals surface area contributed by atoms with Gasteiger partial charge in [0.05, 0.1) is 12.3 Å². The number of nitrogens with zero attached hydrogens (tertiary/aromatic N) is 2. The minimum absolute atomic E-state index is 0.291. The van der Waals surface area contributed by atoms with Crippen LogP contribution < -0.4 is 4.74 Å². The lowest BCUT2D eigenvalue weighted by Gasteiger charge is -2.06. The van der Waals surface area contributed by atoms with Gasteiger partial charge in [0.25, 0.3) is 0 Å². The van der Waals surface area contributed by atoms with Crippen LogP contribution in [0.3, 0.4) is 0 Å². The molecule has 0 saturated carbocycles. The van der Waals surface area contributed by atoms with Gasteiger partial charge in [-0.1, -0.05) is 0 Å². The lowest BCUT2D eigenvalue weighted by molar-refractivity contribution is 0.263. The maximum atomic E-state index is 5.63. The predicted molar refractivity (Wildman–Crippen MR) is 73.4 cm³/mol. The fourth-order valence-corrected chi connectivity index (χ4v) is 2.03. The van der Waals surface area contributed by atoms with Crippen LogP contribution in [0.1, 0.15) is 11.4 Å². The van der Waals surface area contributed by atoms with Crippen molar-refractivity contribution in [2.45, 2.75) is 20.0 Å². The molecule has 1 aromatic heterocycles. The second kappa shape index (κ2) is 4.70. The molecule has 2 heterocycles. The Labute approximate surface area is 113 Å². The van der Waals surface area contributed by atoms with Crippen molar-refractivity contribution in [2.75, 3.05) is 13.2 Å². The standard InChI is InChI=1S/C15H18N2O2/c1-10-11(2)17(3)15(16-10)12-4-6-13(7-5-12)18-8-14-9-19-14/h4-7,14H,8-9H2,1-3H3. The number of rotatable bonds is 4. The van der Waals surface area contributed by atoms with E-state index in [0.29, 0.717) is 12.7 Å². The molecule has 0 radical (unpaired) electrons. The lowest BCUT2D eigenvalue weighted by Crippen LogP contribution is -2.03. The monoisotopic (exact) mass is 258 g/mol. The number of imidazole rings is 1. The van der Waals surface area contributed by atoms with E-state index in [9.17, 15) is 0 Å². The van der Waals surface area contributed by atoms with Crippen molar-refractivity contribution in [2.24, 2.45) is 7.05 Å². The minimum atomic E-state index is 0.291. The van der Waals surface area contributed by atoms with E-state index >= 15 is 0 Å². The molecule has 1 unspecified atom stereocenters. The molecule has 0 spiro atoms. The summed E-state index contributed by atoms with van der Waals surface area (Å²) in [6.07, 6.45) is 0.291. The molecule has 0 N–H and O–H groups in total. The molecular weight excluding hydrogens is 240 g/mol. The summed E-state index contributed by atoms with van der Waals surface area (Å²) in [7, 11) is 2.04. The van der Waals surface area contributed by atoms with E-state index in [4.69, 9.17) is 9.47 Å². The van der Waals surface area contributed by atoms with Crippen LogP contribution in [0.4, 0.5) is 0 Å². The van der Waals surface area contributed by atoms with Crippen molar-refractivity contribution in [3.63, 3.8) is 0 Å². The third kappa shape index (κ3) is 2.49. The first kappa shape index (κ1) is 12.2. The summed E-state index contributed by atoms with van der Waals surface area (Å²) in [5, 5.41) is 0. The molecule has 19 heavy (non-hydrogen) atoms. The molecule has 4 heteroatoms. The zero-order chi connectivity index (χ0) is 13.4. The molecule has 3 rings (SSSR count). The first-order valence-electron chi connectivity index (χ1n) is 6.50. The molecule has 4 nitrogen and oxygen atoms in total. The maximum absolute atomic E-state index is 5.63. The molecule has 1 aromatic carbocycles. The Kier molecular flexibility index (Phi) is 3.03. The van der Waals surface area contributed by atoms with Gasteiger partial charge in [-0.15, -0.1) is 0 Å². The highest BCUT2D eigenvalue weighted by Crippen LogP contribution is 2.23. The first-order valence-corrected chi connectivity index (χ1v) is 6.50. The Bertz CT molecular complexity index is 583. The molecular formula is C15H18N2O2. The Balaban J connectivity index is 1.78.